The lowest BCUT2D eigenvalue weighted by Crippen LogP contribution is -2.14. The first kappa shape index (κ1) is 17.4. The summed E-state index contributed by atoms with van der Waals surface area (Å²) in [4.78, 5) is 16.3. The second-order valence-electron chi connectivity index (χ2n) is 5.29. The predicted molar refractivity (Wildman–Crippen MR) is 97.3 cm³/mol. The van der Waals surface area contributed by atoms with E-state index in [0.29, 0.717) is 16.7 Å². The molecule has 0 fully saturated rings. The molecule has 0 radical (unpaired) electrons. The van der Waals surface area contributed by atoms with Gasteiger partial charge in [-0.1, -0.05) is 53.2 Å². The summed E-state index contributed by atoms with van der Waals surface area (Å²) >= 11 is 7.07. The first-order valence-corrected chi connectivity index (χ1v) is 8.75. The number of benzene rings is 2. The predicted octanol–water partition coefficient (Wildman–Crippen LogP) is 4.30. The first-order valence-electron chi connectivity index (χ1n) is 7.38. The number of H-pyrrole nitrogens is 1. The highest BCUT2D eigenvalue weighted by atomic mass is 35.5. The minimum Gasteiger partial charge on any atom is -0.324 e. The summed E-state index contributed by atoms with van der Waals surface area (Å²) in [6.07, 6.45) is 0. The fourth-order valence-corrected chi connectivity index (χ4v) is 2.87. The second kappa shape index (κ2) is 7.67. The molecule has 0 aliphatic heterocycles. The number of carbonyl (C=O) groups is 1. The molecule has 2 N–H and O–H groups in total. The highest BCUT2D eigenvalue weighted by Crippen LogP contribution is 2.23. The maximum atomic E-state index is 13.0. The fraction of sp³-hybridized carbons (Fsp3) is 0.118. The molecule has 8 heteroatoms. The third-order valence-corrected chi connectivity index (χ3v) is 4.49. The molecule has 0 spiro atoms. The van der Waals surface area contributed by atoms with Gasteiger partial charge in [0, 0.05) is 5.56 Å². The summed E-state index contributed by atoms with van der Waals surface area (Å²) in [5.74, 6) is 0.0187. The normalized spacial score (nSPS) is 10.7. The van der Waals surface area contributed by atoms with E-state index >= 15 is 0 Å². The summed E-state index contributed by atoms with van der Waals surface area (Å²) in [5.41, 5.74) is 2.45. The minimum absolute atomic E-state index is 0.110. The first-order chi connectivity index (χ1) is 12.0. The van der Waals surface area contributed by atoms with E-state index < -0.39 is 5.82 Å². The Kier molecular flexibility index (Phi) is 5.35. The molecule has 5 nitrogen and oxygen atoms in total. The van der Waals surface area contributed by atoms with Gasteiger partial charge in [-0.25, -0.2) is 9.37 Å². The largest absolute Gasteiger partial charge is 0.324 e. The van der Waals surface area contributed by atoms with Crippen LogP contribution < -0.4 is 5.32 Å². The number of halogens is 2. The smallest absolute Gasteiger partial charge is 0.234 e. The maximum absolute atomic E-state index is 13.0. The van der Waals surface area contributed by atoms with Crippen LogP contribution in [0.5, 0.6) is 0 Å². The van der Waals surface area contributed by atoms with E-state index in [-0.39, 0.29) is 16.7 Å². The van der Waals surface area contributed by atoms with Gasteiger partial charge in [0.05, 0.1) is 16.5 Å². The van der Waals surface area contributed by atoms with E-state index in [1.54, 1.807) is 0 Å². The highest BCUT2D eigenvalue weighted by molar-refractivity contribution is 7.99. The molecule has 3 rings (SSSR count). The Morgan fingerprint density at radius 2 is 2.04 bits per heavy atom. The number of thioether (sulfide) groups is 1. The molecule has 0 saturated carbocycles. The van der Waals surface area contributed by atoms with Gasteiger partial charge < -0.3 is 5.32 Å². The average Bonchev–Trinajstić information content (AvgIpc) is 3.05. The molecular weight excluding hydrogens is 363 g/mol. The van der Waals surface area contributed by atoms with Gasteiger partial charge in [-0.2, -0.15) is 0 Å². The van der Waals surface area contributed by atoms with E-state index in [4.69, 9.17) is 11.6 Å². The topological polar surface area (TPSA) is 70.7 Å². The van der Waals surface area contributed by atoms with Crippen molar-refractivity contribution in [2.75, 3.05) is 11.1 Å². The van der Waals surface area contributed by atoms with Gasteiger partial charge in [0.25, 0.3) is 0 Å². The van der Waals surface area contributed by atoms with Crippen molar-refractivity contribution in [3.05, 3.63) is 58.9 Å². The molecule has 0 atom stereocenters. The van der Waals surface area contributed by atoms with Crippen LogP contribution in [0, 0.1) is 12.7 Å². The van der Waals surface area contributed by atoms with Crippen LogP contribution in [0.1, 0.15) is 5.56 Å². The fourth-order valence-electron chi connectivity index (χ4n) is 2.06. The number of hydrogen-bond donors (Lipinski definition) is 2. The quantitative estimate of drug-likeness (QED) is 0.651. The van der Waals surface area contributed by atoms with Crippen LogP contribution in [-0.4, -0.2) is 26.8 Å². The summed E-state index contributed by atoms with van der Waals surface area (Å²) in [7, 11) is 0. The third-order valence-electron chi connectivity index (χ3n) is 3.33. The number of amides is 1. The Hall–Kier alpha value is -2.38. The van der Waals surface area contributed by atoms with Crippen molar-refractivity contribution in [1.29, 1.82) is 0 Å². The van der Waals surface area contributed by atoms with Gasteiger partial charge in [0.1, 0.15) is 5.82 Å². The molecule has 0 bridgehead atoms. The van der Waals surface area contributed by atoms with Gasteiger partial charge in [-0.15, -0.1) is 5.10 Å². The van der Waals surface area contributed by atoms with E-state index in [0.717, 1.165) is 17.2 Å². The molecule has 2 aromatic carbocycles. The van der Waals surface area contributed by atoms with Gasteiger partial charge in [-0.05, 0) is 25.1 Å². The van der Waals surface area contributed by atoms with Gasteiger partial charge in [0.2, 0.25) is 11.1 Å². The van der Waals surface area contributed by atoms with Crippen LogP contribution in [0.25, 0.3) is 11.4 Å². The lowest BCUT2D eigenvalue weighted by molar-refractivity contribution is -0.113. The number of aromatic nitrogens is 3. The van der Waals surface area contributed by atoms with Crippen molar-refractivity contribution in [3.63, 3.8) is 0 Å². The third kappa shape index (κ3) is 4.58. The molecule has 0 unspecified atom stereocenters. The minimum atomic E-state index is -0.457. The second-order valence-corrected chi connectivity index (χ2v) is 6.64. The molecule has 3 aromatic rings. The molecule has 128 valence electrons. The molecule has 0 aliphatic carbocycles. The molecular formula is C17H14ClFN4OS. The molecule has 25 heavy (non-hydrogen) atoms. The highest BCUT2D eigenvalue weighted by Gasteiger charge is 2.11. The molecule has 1 amide bonds. The van der Waals surface area contributed by atoms with Crippen LogP contribution >= 0.6 is 23.4 Å². The lowest BCUT2D eigenvalue weighted by atomic mass is 10.1. The zero-order chi connectivity index (χ0) is 17.8. The van der Waals surface area contributed by atoms with Crippen LogP contribution in [0.3, 0.4) is 0 Å². The molecule has 0 saturated heterocycles. The van der Waals surface area contributed by atoms with Crippen LogP contribution in [-0.2, 0) is 4.79 Å². The Morgan fingerprint density at radius 3 is 2.76 bits per heavy atom. The maximum Gasteiger partial charge on any atom is 0.234 e. The number of nitrogens with one attached hydrogen (secondary N) is 2. The number of nitrogens with zero attached hydrogens (tertiary/aromatic N) is 2. The van der Waals surface area contributed by atoms with Crippen molar-refractivity contribution in [1.82, 2.24) is 15.2 Å². The van der Waals surface area contributed by atoms with Crippen LogP contribution in [0.2, 0.25) is 5.02 Å². The molecule has 1 aromatic heterocycles. The summed E-state index contributed by atoms with van der Waals surface area (Å²) in [5, 5.41) is 10.2. The number of hydrogen-bond acceptors (Lipinski definition) is 4. The SMILES string of the molecule is Cc1ccc(-c2nc(SCC(=O)Nc3ccc(F)cc3Cl)n[nH]2)cc1. The van der Waals surface area contributed by atoms with Crippen molar-refractivity contribution in [2.24, 2.45) is 0 Å². The van der Waals surface area contributed by atoms with E-state index in [2.05, 4.69) is 20.5 Å². The Morgan fingerprint density at radius 1 is 1.28 bits per heavy atom. The van der Waals surface area contributed by atoms with Gasteiger partial charge in [-0.3, -0.25) is 9.89 Å². The van der Waals surface area contributed by atoms with Gasteiger partial charge in [0.15, 0.2) is 5.82 Å². The standard InChI is InChI=1S/C17H14ClFN4OS/c1-10-2-4-11(5-3-10)16-21-17(23-22-16)25-9-15(24)20-14-7-6-12(19)8-13(14)18/h2-8H,9H2,1H3,(H,20,24)(H,21,22,23). The van der Waals surface area contributed by atoms with E-state index in [1.807, 2.05) is 31.2 Å². The Labute approximate surface area is 153 Å². The zero-order valence-electron chi connectivity index (χ0n) is 13.2. The van der Waals surface area contributed by atoms with Crippen LogP contribution in [0.4, 0.5) is 10.1 Å². The molecule has 0 aliphatic rings. The van der Waals surface area contributed by atoms with Crippen molar-refractivity contribution in [2.45, 2.75) is 12.1 Å². The van der Waals surface area contributed by atoms with Crippen molar-refractivity contribution in [3.8, 4) is 11.4 Å². The summed E-state index contributed by atoms with van der Waals surface area (Å²) in [6, 6.07) is 11.7. The number of anilines is 1. The van der Waals surface area contributed by atoms with Crippen molar-refractivity contribution < 1.29 is 9.18 Å². The molecule has 1 heterocycles. The Balaban J connectivity index is 1.58. The summed E-state index contributed by atoms with van der Waals surface area (Å²) < 4.78 is 13.0. The summed E-state index contributed by atoms with van der Waals surface area (Å²) in [6.45, 7) is 2.01. The zero-order valence-corrected chi connectivity index (χ0v) is 14.8. The number of aromatic amines is 1. The van der Waals surface area contributed by atoms with E-state index in [9.17, 15) is 9.18 Å². The number of aryl methyl sites for hydroxylation is 1. The van der Waals surface area contributed by atoms with Gasteiger partial charge >= 0.3 is 0 Å². The Bertz CT molecular complexity index is 898. The number of carbonyl (C=O) groups excluding carboxylic acids is 1. The van der Waals surface area contributed by atoms with Crippen molar-refractivity contribution >= 4 is 35.0 Å². The lowest BCUT2D eigenvalue weighted by Gasteiger charge is -2.06. The number of rotatable bonds is 5. The monoisotopic (exact) mass is 376 g/mol. The average molecular weight is 377 g/mol. The van der Waals surface area contributed by atoms with Crippen LogP contribution in [0.15, 0.2) is 47.6 Å². The van der Waals surface area contributed by atoms with E-state index in [1.165, 1.54) is 23.9 Å².